The SMILES string of the molecule is COCC(O)C(=O)NCc1ccccc1. The molecule has 82 valence electrons. The van der Waals surface area contributed by atoms with Crippen LogP contribution >= 0.6 is 0 Å². The highest BCUT2D eigenvalue weighted by Gasteiger charge is 2.13. The van der Waals surface area contributed by atoms with Gasteiger partial charge in [-0.3, -0.25) is 4.79 Å². The van der Waals surface area contributed by atoms with E-state index in [0.29, 0.717) is 6.54 Å². The highest BCUT2D eigenvalue weighted by molar-refractivity contribution is 5.80. The molecule has 0 radical (unpaired) electrons. The summed E-state index contributed by atoms with van der Waals surface area (Å²) in [4.78, 5) is 11.3. The zero-order valence-corrected chi connectivity index (χ0v) is 8.64. The summed E-state index contributed by atoms with van der Waals surface area (Å²) in [5.74, 6) is -0.416. The lowest BCUT2D eigenvalue weighted by Crippen LogP contribution is -2.36. The number of carbonyl (C=O) groups is 1. The van der Waals surface area contributed by atoms with Crippen LogP contribution in [0.2, 0.25) is 0 Å². The lowest BCUT2D eigenvalue weighted by Gasteiger charge is -2.10. The predicted octanol–water partition coefficient (Wildman–Crippen LogP) is 0.310. The summed E-state index contributed by atoms with van der Waals surface area (Å²) >= 11 is 0. The van der Waals surface area contributed by atoms with Crippen molar-refractivity contribution >= 4 is 5.91 Å². The van der Waals surface area contributed by atoms with Gasteiger partial charge in [0.1, 0.15) is 0 Å². The number of aliphatic hydroxyl groups excluding tert-OH is 1. The number of hydrogen-bond acceptors (Lipinski definition) is 3. The maximum Gasteiger partial charge on any atom is 0.251 e. The van der Waals surface area contributed by atoms with Crippen molar-refractivity contribution in [3.05, 3.63) is 35.9 Å². The Bertz CT molecular complexity index is 300. The molecule has 1 rings (SSSR count). The van der Waals surface area contributed by atoms with Gasteiger partial charge in [0.05, 0.1) is 6.61 Å². The second-order valence-corrected chi connectivity index (χ2v) is 3.17. The van der Waals surface area contributed by atoms with Crippen molar-refractivity contribution < 1.29 is 14.6 Å². The number of aliphatic hydroxyl groups is 1. The van der Waals surface area contributed by atoms with Crippen LogP contribution in [0.1, 0.15) is 5.56 Å². The molecule has 1 aromatic rings. The minimum Gasteiger partial charge on any atom is -0.381 e. The van der Waals surface area contributed by atoms with Gasteiger partial charge in [-0.15, -0.1) is 0 Å². The molecule has 1 amide bonds. The average molecular weight is 209 g/mol. The van der Waals surface area contributed by atoms with Gasteiger partial charge in [0.15, 0.2) is 6.10 Å². The Morgan fingerprint density at radius 1 is 1.47 bits per heavy atom. The number of hydrogen-bond donors (Lipinski definition) is 2. The van der Waals surface area contributed by atoms with Crippen LogP contribution < -0.4 is 5.32 Å². The molecule has 0 aliphatic rings. The predicted molar refractivity (Wildman–Crippen MR) is 56.2 cm³/mol. The molecule has 0 saturated carbocycles. The molecule has 0 saturated heterocycles. The quantitative estimate of drug-likeness (QED) is 0.733. The summed E-state index contributed by atoms with van der Waals surface area (Å²) in [7, 11) is 1.44. The molecule has 0 spiro atoms. The van der Waals surface area contributed by atoms with E-state index in [1.165, 1.54) is 7.11 Å². The lowest BCUT2D eigenvalue weighted by atomic mass is 10.2. The summed E-state index contributed by atoms with van der Waals surface area (Å²) in [5.41, 5.74) is 0.996. The fraction of sp³-hybridized carbons (Fsp3) is 0.364. The Balaban J connectivity index is 2.34. The van der Waals surface area contributed by atoms with Gasteiger partial charge >= 0.3 is 0 Å². The van der Waals surface area contributed by atoms with Gasteiger partial charge in [-0.2, -0.15) is 0 Å². The molecule has 0 bridgehead atoms. The summed E-state index contributed by atoms with van der Waals surface area (Å²) in [6.45, 7) is 0.432. The first kappa shape index (κ1) is 11.7. The largest absolute Gasteiger partial charge is 0.381 e. The summed E-state index contributed by atoms with van der Waals surface area (Å²) in [6.07, 6.45) is -1.10. The zero-order valence-electron chi connectivity index (χ0n) is 8.64. The lowest BCUT2D eigenvalue weighted by molar-refractivity contribution is -0.131. The third-order valence-corrected chi connectivity index (χ3v) is 1.94. The van der Waals surface area contributed by atoms with E-state index in [0.717, 1.165) is 5.56 Å². The molecular formula is C11H15NO3. The second-order valence-electron chi connectivity index (χ2n) is 3.17. The van der Waals surface area contributed by atoms with Crippen LogP contribution in [0.15, 0.2) is 30.3 Å². The molecule has 15 heavy (non-hydrogen) atoms. The van der Waals surface area contributed by atoms with Crippen LogP contribution in [-0.4, -0.2) is 30.8 Å². The van der Waals surface area contributed by atoms with E-state index in [-0.39, 0.29) is 6.61 Å². The van der Waals surface area contributed by atoms with Crippen molar-refractivity contribution in [2.24, 2.45) is 0 Å². The Kier molecular flexibility index (Phi) is 4.80. The summed E-state index contributed by atoms with van der Waals surface area (Å²) < 4.78 is 4.67. The highest BCUT2D eigenvalue weighted by Crippen LogP contribution is 1.97. The minimum absolute atomic E-state index is 0.0145. The van der Waals surface area contributed by atoms with Crippen molar-refractivity contribution in [1.82, 2.24) is 5.32 Å². The number of amides is 1. The molecule has 2 N–H and O–H groups in total. The molecule has 0 fully saturated rings. The van der Waals surface area contributed by atoms with Crippen LogP contribution in [0.3, 0.4) is 0 Å². The van der Waals surface area contributed by atoms with Crippen molar-refractivity contribution in [3.63, 3.8) is 0 Å². The first-order chi connectivity index (χ1) is 7.24. The minimum atomic E-state index is -1.10. The van der Waals surface area contributed by atoms with Crippen molar-refractivity contribution in [2.75, 3.05) is 13.7 Å². The molecule has 1 aromatic carbocycles. The fourth-order valence-corrected chi connectivity index (χ4v) is 1.14. The van der Waals surface area contributed by atoms with E-state index >= 15 is 0 Å². The number of nitrogens with one attached hydrogen (secondary N) is 1. The average Bonchev–Trinajstić information content (AvgIpc) is 2.27. The van der Waals surface area contributed by atoms with Gasteiger partial charge in [-0.1, -0.05) is 30.3 Å². The van der Waals surface area contributed by atoms with Crippen molar-refractivity contribution in [3.8, 4) is 0 Å². The number of carbonyl (C=O) groups excluding carboxylic acids is 1. The number of methoxy groups -OCH3 is 1. The second kappa shape index (κ2) is 6.16. The molecule has 1 unspecified atom stereocenters. The maximum absolute atomic E-state index is 11.3. The molecular weight excluding hydrogens is 194 g/mol. The normalized spacial score (nSPS) is 12.1. The first-order valence-corrected chi connectivity index (χ1v) is 4.72. The van der Waals surface area contributed by atoms with Gasteiger partial charge in [0.25, 0.3) is 5.91 Å². The van der Waals surface area contributed by atoms with E-state index in [2.05, 4.69) is 10.1 Å². The van der Waals surface area contributed by atoms with Gasteiger partial charge in [0.2, 0.25) is 0 Å². The topological polar surface area (TPSA) is 58.6 Å². The maximum atomic E-state index is 11.3. The van der Waals surface area contributed by atoms with Gasteiger partial charge in [-0.05, 0) is 5.56 Å². The number of rotatable bonds is 5. The van der Waals surface area contributed by atoms with Crippen LogP contribution in [0.25, 0.3) is 0 Å². The van der Waals surface area contributed by atoms with Gasteiger partial charge in [0, 0.05) is 13.7 Å². The molecule has 1 atom stereocenters. The Morgan fingerprint density at radius 3 is 2.73 bits per heavy atom. The van der Waals surface area contributed by atoms with Gasteiger partial charge in [-0.25, -0.2) is 0 Å². The Hall–Kier alpha value is -1.39. The number of ether oxygens (including phenoxy) is 1. The van der Waals surface area contributed by atoms with E-state index < -0.39 is 12.0 Å². The molecule has 4 nitrogen and oxygen atoms in total. The third kappa shape index (κ3) is 4.10. The fourth-order valence-electron chi connectivity index (χ4n) is 1.14. The summed E-state index contributed by atoms with van der Waals surface area (Å²) in [6, 6.07) is 9.51. The zero-order chi connectivity index (χ0) is 11.1. The van der Waals surface area contributed by atoms with Crippen molar-refractivity contribution in [1.29, 1.82) is 0 Å². The monoisotopic (exact) mass is 209 g/mol. The standard InChI is InChI=1S/C11H15NO3/c1-15-8-10(13)11(14)12-7-9-5-3-2-4-6-9/h2-6,10,13H,7-8H2,1H3,(H,12,14). The van der Waals surface area contributed by atoms with Crippen LogP contribution in [0.4, 0.5) is 0 Å². The van der Waals surface area contributed by atoms with Crippen LogP contribution in [-0.2, 0) is 16.1 Å². The van der Waals surface area contributed by atoms with E-state index in [1.807, 2.05) is 30.3 Å². The molecule has 0 heterocycles. The Morgan fingerprint density at radius 2 is 2.13 bits per heavy atom. The van der Waals surface area contributed by atoms with Gasteiger partial charge < -0.3 is 15.2 Å². The first-order valence-electron chi connectivity index (χ1n) is 4.72. The van der Waals surface area contributed by atoms with Crippen LogP contribution in [0.5, 0.6) is 0 Å². The summed E-state index contributed by atoms with van der Waals surface area (Å²) in [5, 5.41) is 11.9. The van der Waals surface area contributed by atoms with Crippen LogP contribution in [0, 0.1) is 0 Å². The molecule has 4 heteroatoms. The van der Waals surface area contributed by atoms with E-state index in [4.69, 9.17) is 0 Å². The Labute approximate surface area is 88.9 Å². The highest BCUT2D eigenvalue weighted by atomic mass is 16.5. The van der Waals surface area contributed by atoms with E-state index in [9.17, 15) is 9.90 Å². The third-order valence-electron chi connectivity index (χ3n) is 1.94. The number of benzene rings is 1. The van der Waals surface area contributed by atoms with E-state index in [1.54, 1.807) is 0 Å². The smallest absolute Gasteiger partial charge is 0.251 e. The molecule has 0 aliphatic heterocycles. The van der Waals surface area contributed by atoms with Crippen molar-refractivity contribution in [2.45, 2.75) is 12.6 Å². The molecule has 0 aromatic heterocycles. The molecule has 0 aliphatic carbocycles.